The molecule has 0 heterocycles. The molecule has 0 aliphatic heterocycles. The van der Waals surface area contributed by atoms with E-state index in [1.165, 1.54) is 0 Å². The van der Waals surface area contributed by atoms with Crippen molar-refractivity contribution in [3.63, 3.8) is 0 Å². The number of nitrogens with zero attached hydrogens (tertiary/aromatic N) is 3. The van der Waals surface area contributed by atoms with Crippen LogP contribution in [0.1, 0.15) is 20.3 Å². The summed E-state index contributed by atoms with van der Waals surface area (Å²) in [5, 5.41) is 47.1. The Hall–Kier alpha value is -2.52. The number of aliphatic hydroxyl groups excluding tert-OH is 2. The van der Waals surface area contributed by atoms with E-state index in [4.69, 9.17) is 4.74 Å². The van der Waals surface area contributed by atoms with Gasteiger partial charge in [-0.05, 0) is 12.3 Å². The highest BCUT2D eigenvalue weighted by Crippen LogP contribution is 2.28. The lowest BCUT2D eigenvalue weighted by atomic mass is 9.82. The van der Waals surface area contributed by atoms with Crippen molar-refractivity contribution in [3.05, 3.63) is 30.3 Å². The van der Waals surface area contributed by atoms with Gasteiger partial charge >= 0.3 is 0 Å². The third-order valence-corrected chi connectivity index (χ3v) is 3.76. The first-order valence-electron chi connectivity index (χ1n) is 8.11. The summed E-state index contributed by atoms with van der Waals surface area (Å²) in [5.74, 6) is 0.0844. The minimum atomic E-state index is -1.78. The lowest BCUT2D eigenvalue weighted by molar-refractivity contribution is -0.782. The largest absolute Gasteiger partial charge is 0.396 e. The number of rotatable bonds is 17. The molecule has 0 atom stereocenters. The van der Waals surface area contributed by atoms with Gasteiger partial charge < -0.3 is 29.5 Å². The fourth-order valence-electron chi connectivity index (χ4n) is 2.50. The zero-order valence-electron chi connectivity index (χ0n) is 15.6. The van der Waals surface area contributed by atoms with Crippen molar-refractivity contribution in [1.82, 2.24) is 0 Å². The summed E-state index contributed by atoms with van der Waals surface area (Å²) >= 11 is 0. The normalized spacial score (nSPS) is 11.9. The van der Waals surface area contributed by atoms with Crippen molar-refractivity contribution >= 4 is 0 Å². The molecule has 0 fully saturated rings. The molecule has 28 heavy (non-hydrogen) atoms. The van der Waals surface area contributed by atoms with Crippen molar-refractivity contribution in [2.75, 3.05) is 46.2 Å². The van der Waals surface area contributed by atoms with Gasteiger partial charge in [-0.25, -0.2) is 0 Å². The van der Waals surface area contributed by atoms with E-state index in [0.29, 0.717) is 6.42 Å². The molecule has 0 radical (unpaired) electrons. The van der Waals surface area contributed by atoms with Crippen molar-refractivity contribution in [3.8, 4) is 0 Å². The highest BCUT2D eigenvalue weighted by molar-refractivity contribution is 4.82. The molecule has 0 spiro atoms. The molecule has 0 aromatic carbocycles. The Morgan fingerprint density at radius 1 is 0.750 bits per heavy atom. The third-order valence-electron chi connectivity index (χ3n) is 3.76. The molecule has 2 N–H and O–H groups in total. The molecule has 0 rings (SSSR count). The summed E-state index contributed by atoms with van der Waals surface area (Å²) in [4.78, 5) is 44.1. The molecule has 164 valence electrons. The minimum Gasteiger partial charge on any atom is -0.396 e. The summed E-state index contributed by atoms with van der Waals surface area (Å²) in [6.45, 7) is -0.479. The SMILES string of the molecule is CC(C)CC(CO)(CO)COCC(CO[N+](=O)[O-])(CO[N+](=O)[O-])CO[N+](=O)[O-]. The van der Waals surface area contributed by atoms with Gasteiger partial charge in [-0.1, -0.05) is 13.8 Å². The van der Waals surface area contributed by atoms with Crippen LogP contribution in [0.5, 0.6) is 0 Å². The van der Waals surface area contributed by atoms with E-state index in [-0.39, 0.29) is 12.5 Å². The molecule has 0 saturated heterocycles. The van der Waals surface area contributed by atoms with Crippen LogP contribution >= 0.6 is 0 Å². The number of hydrogen-bond donors (Lipinski definition) is 2. The summed E-state index contributed by atoms with van der Waals surface area (Å²) in [5.41, 5.74) is -2.82. The molecule has 0 amide bonds. The zero-order chi connectivity index (χ0) is 21.8. The number of hydrogen-bond acceptors (Lipinski definition) is 12. The summed E-state index contributed by atoms with van der Waals surface area (Å²) < 4.78 is 5.42. The van der Waals surface area contributed by atoms with Crippen LogP contribution in [0.3, 0.4) is 0 Å². The Bertz CT molecular complexity index is 465. The summed E-state index contributed by atoms with van der Waals surface area (Å²) in [6.07, 6.45) is 0.370. The smallest absolute Gasteiger partial charge is 0.294 e. The van der Waals surface area contributed by atoms with E-state index in [2.05, 4.69) is 14.5 Å². The van der Waals surface area contributed by atoms with Gasteiger partial charge in [-0.3, -0.25) is 0 Å². The molecule has 0 unspecified atom stereocenters. The van der Waals surface area contributed by atoms with Gasteiger partial charge in [-0.15, -0.1) is 30.3 Å². The van der Waals surface area contributed by atoms with Gasteiger partial charge in [0.15, 0.2) is 0 Å². The lowest BCUT2D eigenvalue weighted by Gasteiger charge is -2.34. The Kier molecular flexibility index (Phi) is 11.0. The van der Waals surface area contributed by atoms with E-state index in [1.807, 2.05) is 13.8 Å². The minimum absolute atomic E-state index is 0.0844. The van der Waals surface area contributed by atoms with E-state index in [1.54, 1.807) is 0 Å². The van der Waals surface area contributed by atoms with Crippen LogP contribution in [0.4, 0.5) is 0 Å². The lowest BCUT2D eigenvalue weighted by Crippen LogP contribution is -2.45. The molecule has 0 bridgehead atoms. The third kappa shape index (κ3) is 9.98. The average Bonchev–Trinajstić information content (AvgIpc) is 2.61. The van der Waals surface area contributed by atoms with E-state index in [9.17, 15) is 40.6 Å². The second kappa shape index (κ2) is 12.0. The number of aliphatic hydroxyl groups is 2. The average molecular weight is 415 g/mol. The highest BCUT2D eigenvalue weighted by atomic mass is 17.0. The standard InChI is InChI=1S/C13H25N3O12/c1-11(2)3-12(4-17,5-18)6-25-7-13(8-26-14(19)20,9-27-15(21)22)10-28-16(23)24/h11,17-18H,3-10H2,1-2H3. The van der Waals surface area contributed by atoms with Gasteiger partial charge in [0, 0.05) is 5.41 Å². The van der Waals surface area contributed by atoms with Crippen LogP contribution in [-0.4, -0.2) is 71.7 Å². The van der Waals surface area contributed by atoms with E-state index >= 15 is 0 Å². The molecule has 0 saturated carbocycles. The maximum atomic E-state index is 10.5. The van der Waals surface area contributed by atoms with Crippen LogP contribution in [0.15, 0.2) is 0 Å². The predicted octanol–water partition coefficient (Wildman–Crippen LogP) is -0.369. The Morgan fingerprint density at radius 2 is 1.11 bits per heavy atom. The monoisotopic (exact) mass is 415 g/mol. The molecule has 15 nitrogen and oxygen atoms in total. The van der Waals surface area contributed by atoms with Crippen LogP contribution in [0, 0.1) is 47.1 Å². The zero-order valence-corrected chi connectivity index (χ0v) is 15.6. The van der Waals surface area contributed by atoms with Gasteiger partial charge in [0.2, 0.25) is 0 Å². The Labute approximate surface area is 159 Å². The van der Waals surface area contributed by atoms with Crippen molar-refractivity contribution in [1.29, 1.82) is 0 Å². The molecular formula is C13H25N3O12. The second-order valence-corrected chi connectivity index (χ2v) is 6.90. The number of ether oxygens (including phenoxy) is 1. The summed E-state index contributed by atoms with van der Waals surface area (Å²) in [6, 6.07) is 0. The molecule has 15 heteroatoms. The van der Waals surface area contributed by atoms with E-state index < -0.39 is 65.7 Å². The molecule has 0 aliphatic carbocycles. The van der Waals surface area contributed by atoms with Gasteiger partial charge in [0.25, 0.3) is 15.3 Å². The maximum Gasteiger partial charge on any atom is 0.294 e. The fourth-order valence-corrected chi connectivity index (χ4v) is 2.50. The topological polar surface area (TPSA) is 207 Å². The first kappa shape index (κ1) is 25.5. The van der Waals surface area contributed by atoms with Crippen LogP contribution in [0.25, 0.3) is 0 Å². The fraction of sp³-hybridized carbons (Fsp3) is 1.00. The highest BCUT2D eigenvalue weighted by Gasteiger charge is 2.38. The van der Waals surface area contributed by atoms with Gasteiger partial charge in [0.05, 0.1) is 31.8 Å². The van der Waals surface area contributed by atoms with Crippen LogP contribution < -0.4 is 0 Å². The Morgan fingerprint density at radius 3 is 1.39 bits per heavy atom. The van der Waals surface area contributed by atoms with Gasteiger partial charge in [0.1, 0.15) is 19.8 Å². The molecule has 0 aromatic rings. The van der Waals surface area contributed by atoms with Crippen molar-refractivity contribution in [2.45, 2.75) is 20.3 Å². The molecule has 0 aromatic heterocycles. The first-order chi connectivity index (χ1) is 13.0. The quantitative estimate of drug-likeness (QED) is 0.230. The van der Waals surface area contributed by atoms with E-state index in [0.717, 1.165) is 0 Å². The van der Waals surface area contributed by atoms with Gasteiger partial charge in [-0.2, -0.15) is 0 Å². The van der Waals surface area contributed by atoms with Crippen molar-refractivity contribution < 1.29 is 44.7 Å². The Balaban J connectivity index is 5.33. The summed E-state index contributed by atoms with van der Waals surface area (Å²) in [7, 11) is 0. The van der Waals surface area contributed by atoms with Crippen LogP contribution in [-0.2, 0) is 19.2 Å². The molecule has 0 aliphatic rings. The predicted molar refractivity (Wildman–Crippen MR) is 88.2 cm³/mol. The second-order valence-electron chi connectivity index (χ2n) is 6.90. The first-order valence-corrected chi connectivity index (χ1v) is 8.11. The van der Waals surface area contributed by atoms with Crippen molar-refractivity contribution in [2.24, 2.45) is 16.7 Å². The van der Waals surface area contributed by atoms with Crippen LogP contribution in [0.2, 0.25) is 0 Å². The maximum absolute atomic E-state index is 10.5. The molecular weight excluding hydrogens is 390 g/mol.